The van der Waals surface area contributed by atoms with Crippen molar-refractivity contribution >= 4 is 5.91 Å². The van der Waals surface area contributed by atoms with Gasteiger partial charge in [0.1, 0.15) is 12.4 Å². The van der Waals surface area contributed by atoms with Crippen molar-refractivity contribution in [3.63, 3.8) is 0 Å². The van der Waals surface area contributed by atoms with Gasteiger partial charge in [-0.2, -0.15) is 0 Å². The van der Waals surface area contributed by atoms with Crippen molar-refractivity contribution < 1.29 is 14.3 Å². The van der Waals surface area contributed by atoms with Gasteiger partial charge in [-0.25, -0.2) is 0 Å². The molecular formula is C15H23NO3. The Morgan fingerprint density at radius 3 is 2.47 bits per heavy atom. The van der Waals surface area contributed by atoms with E-state index in [1.54, 1.807) is 12.0 Å². The minimum absolute atomic E-state index is 0.0431. The summed E-state index contributed by atoms with van der Waals surface area (Å²) in [6.07, 6.45) is 0. The Morgan fingerprint density at radius 1 is 1.21 bits per heavy atom. The molecule has 4 heteroatoms. The highest BCUT2D eigenvalue weighted by Gasteiger charge is 2.14. The number of rotatable bonds is 7. The number of aryl methyl sites for hydroxylation is 1. The van der Waals surface area contributed by atoms with Crippen molar-refractivity contribution in [3.05, 3.63) is 29.3 Å². The minimum Gasteiger partial charge on any atom is -0.491 e. The van der Waals surface area contributed by atoms with E-state index >= 15 is 0 Å². The van der Waals surface area contributed by atoms with Crippen LogP contribution in [0.4, 0.5) is 0 Å². The third-order valence-electron chi connectivity index (χ3n) is 3.03. The first-order chi connectivity index (χ1) is 9.13. The molecule has 0 unspecified atom stereocenters. The minimum atomic E-state index is 0.0431. The van der Waals surface area contributed by atoms with Crippen molar-refractivity contribution in [2.75, 3.05) is 33.4 Å². The normalized spacial score (nSPS) is 10.3. The maximum absolute atomic E-state index is 12.2. The molecular weight excluding hydrogens is 242 g/mol. The van der Waals surface area contributed by atoms with Crippen molar-refractivity contribution in [1.29, 1.82) is 0 Å². The number of carbonyl (C=O) groups excluding carboxylic acids is 1. The van der Waals surface area contributed by atoms with E-state index in [0.29, 0.717) is 31.9 Å². The second-order valence-corrected chi connectivity index (χ2v) is 4.30. The molecule has 1 aromatic carbocycles. The Labute approximate surface area is 115 Å². The topological polar surface area (TPSA) is 38.8 Å². The standard InChI is InChI=1S/C15H23NO3/c1-5-16(6-2)15(17)13-8-7-12(3)14(11-13)19-10-9-18-4/h7-8,11H,5-6,9-10H2,1-4H3. The third-order valence-corrected chi connectivity index (χ3v) is 3.03. The van der Waals surface area contributed by atoms with E-state index in [0.717, 1.165) is 11.3 Å². The monoisotopic (exact) mass is 265 g/mol. The Morgan fingerprint density at radius 2 is 1.89 bits per heavy atom. The molecule has 0 saturated carbocycles. The van der Waals surface area contributed by atoms with E-state index in [1.165, 1.54) is 0 Å². The van der Waals surface area contributed by atoms with Gasteiger partial charge in [-0.3, -0.25) is 4.79 Å². The highest BCUT2D eigenvalue weighted by Crippen LogP contribution is 2.20. The molecule has 0 heterocycles. The lowest BCUT2D eigenvalue weighted by atomic mass is 10.1. The van der Waals surface area contributed by atoms with Crippen LogP contribution in [0.5, 0.6) is 5.75 Å². The van der Waals surface area contributed by atoms with Crippen LogP contribution in [0.15, 0.2) is 18.2 Å². The maximum Gasteiger partial charge on any atom is 0.253 e. The average Bonchev–Trinajstić information content (AvgIpc) is 2.42. The van der Waals surface area contributed by atoms with Gasteiger partial charge in [-0.1, -0.05) is 6.07 Å². The molecule has 0 spiro atoms. The second-order valence-electron chi connectivity index (χ2n) is 4.30. The zero-order valence-electron chi connectivity index (χ0n) is 12.2. The lowest BCUT2D eigenvalue weighted by Gasteiger charge is -2.19. The molecule has 1 rings (SSSR count). The molecule has 0 aliphatic carbocycles. The fourth-order valence-corrected chi connectivity index (χ4v) is 1.82. The summed E-state index contributed by atoms with van der Waals surface area (Å²) in [5, 5.41) is 0. The van der Waals surface area contributed by atoms with Gasteiger partial charge in [0.05, 0.1) is 6.61 Å². The molecule has 0 saturated heterocycles. The number of hydrogen-bond acceptors (Lipinski definition) is 3. The average molecular weight is 265 g/mol. The van der Waals surface area contributed by atoms with Gasteiger partial charge in [-0.05, 0) is 38.5 Å². The lowest BCUT2D eigenvalue weighted by molar-refractivity contribution is 0.0772. The summed E-state index contributed by atoms with van der Waals surface area (Å²) in [6, 6.07) is 5.57. The summed E-state index contributed by atoms with van der Waals surface area (Å²) < 4.78 is 10.6. The molecule has 0 aliphatic heterocycles. The van der Waals surface area contributed by atoms with Gasteiger partial charge >= 0.3 is 0 Å². The molecule has 0 fully saturated rings. The highest BCUT2D eigenvalue weighted by atomic mass is 16.5. The quantitative estimate of drug-likeness (QED) is 0.711. The predicted molar refractivity (Wildman–Crippen MR) is 75.8 cm³/mol. The van der Waals surface area contributed by atoms with E-state index in [1.807, 2.05) is 39.0 Å². The van der Waals surface area contributed by atoms with Crippen molar-refractivity contribution in [3.8, 4) is 5.75 Å². The van der Waals surface area contributed by atoms with E-state index in [2.05, 4.69) is 0 Å². The first-order valence-electron chi connectivity index (χ1n) is 6.65. The summed E-state index contributed by atoms with van der Waals surface area (Å²) in [5.74, 6) is 0.789. The molecule has 0 aromatic heterocycles. The fraction of sp³-hybridized carbons (Fsp3) is 0.533. The summed E-state index contributed by atoms with van der Waals surface area (Å²) in [7, 11) is 1.64. The van der Waals surface area contributed by atoms with Crippen LogP contribution in [-0.2, 0) is 4.74 Å². The van der Waals surface area contributed by atoms with Crippen LogP contribution in [0.1, 0.15) is 29.8 Å². The number of ether oxygens (including phenoxy) is 2. The van der Waals surface area contributed by atoms with Gasteiger partial charge in [0.2, 0.25) is 0 Å². The van der Waals surface area contributed by atoms with Crippen LogP contribution in [0.2, 0.25) is 0 Å². The molecule has 4 nitrogen and oxygen atoms in total. The summed E-state index contributed by atoms with van der Waals surface area (Å²) in [6.45, 7) is 8.37. The van der Waals surface area contributed by atoms with E-state index in [4.69, 9.17) is 9.47 Å². The fourth-order valence-electron chi connectivity index (χ4n) is 1.82. The van der Waals surface area contributed by atoms with Crippen LogP contribution >= 0.6 is 0 Å². The number of hydrogen-bond donors (Lipinski definition) is 0. The lowest BCUT2D eigenvalue weighted by Crippen LogP contribution is -2.30. The number of methoxy groups -OCH3 is 1. The third kappa shape index (κ3) is 4.24. The van der Waals surface area contributed by atoms with Crippen molar-refractivity contribution in [2.45, 2.75) is 20.8 Å². The Balaban J connectivity index is 2.85. The molecule has 19 heavy (non-hydrogen) atoms. The summed E-state index contributed by atoms with van der Waals surface area (Å²) >= 11 is 0. The van der Waals surface area contributed by atoms with Crippen LogP contribution in [0.25, 0.3) is 0 Å². The molecule has 0 radical (unpaired) electrons. The zero-order valence-corrected chi connectivity index (χ0v) is 12.2. The molecule has 0 aliphatic rings. The van der Waals surface area contributed by atoms with Crippen LogP contribution in [-0.4, -0.2) is 44.2 Å². The Kier molecular flexibility index (Phi) is 6.36. The molecule has 1 aromatic rings. The first kappa shape index (κ1) is 15.5. The van der Waals surface area contributed by atoms with Crippen molar-refractivity contribution in [2.24, 2.45) is 0 Å². The van der Waals surface area contributed by atoms with Crippen molar-refractivity contribution in [1.82, 2.24) is 4.90 Å². The van der Waals surface area contributed by atoms with Gasteiger partial charge in [0.15, 0.2) is 0 Å². The molecule has 0 atom stereocenters. The number of benzene rings is 1. The predicted octanol–water partition coefficient (Wildman–Crippen LogP) is 2.50. The van der Waals surface area contributed by atoms with Crippen LogP contribution in [0.3, 0.4) is 0 Å². The molecule has 0 N–H and O–H groups in total. The van der Waals surface area contributed by atoms with Gasteiger partial charge in [-0.15, -0.1) is 0 Å². The Hall–Kier alpha value is -1.55. The first-order valence-corrected chi connectivity index (χ1v) is 6.65. The molecule has 106 valence electrons. The SMILES string of the molecule is CCN(CC)C(=O)c1ccc(C)c(OCCOC)c1. The van der Waals surface area contributed by atoms with Crippen LogP contribution < -0.4 is 4.74 Å². The van der Waals surface area contributed by atoms with Gasteiger partial charge < -0.3 is 14.4 Å². The summed E-state index contributed by atoms with van der Waals surface area (Å²) in [4.78, 5) is 14.0. The van der Waals surface area contributed by atoms with E-state index in [-0.39, 0.29) is 5.91 Å². The van der Waals surface area contributed by atoms with Gasteiger partial charge in [0.25, 0.3) is 5.91 Å². The largest absolute Gasteiger partial charge is 0.491 e. The second kappa shape index (κ2) is 7.79. The number of amides is 1. The maximum atomic E-state index is 12.2. The van der Waals surface area contributed by atoms with Gasteiger partial charge in [0, 0.05) is 25.8 Å². The van der Waals surface area contributed by atoms with Crippen LogP contribution in [0, 0.1) is 6.92 Å². The zero-order chi connectivity index (χ0) is 14.3. The summed E-state index contributed by atoms with van der Waals surface area (Å²) in [5.41, 5.74) is 1.69. The number of nitrogens with zero attached hydrogens (tertiary/aromatic N) is 1. The highest BCUT2D eigenvalue weighted by molar-refractivity contribution is 5.94. The molecule has 1 amide bonds. The number of carbonyl (C=O) groups is 1. The molecule has 0 bridgehead atoms. The van der Waals surface area contributed by atoms with E-state index < -0.39 is 0 Å². The van der Waals surface area contributed by atoms with E-state index in [9.17, 15) is 4.79 Å². The Bertz CT molecular complexity index is 414. The smallest absolute Gasteiger partial charge is 0.253 e.